The van der Waals surface area contributed by atoms with Crippen LogP contribution in [0, 0.1) is 11.3 Å². The Morgan fingerprint density at radius 2 is 2.14 bits per heavy atom. The molecule has 1 aromatic carbocycles. The summed E-state index contributed by atoms with van der Waals surface area (Å²) >= 11 is 0. The quantitative estimate of drug-likeness (QED) is 0.357. The topological polar surface area (TPSA) is 84.9 Å². The number of benzene rings is 1. The number of nitrogens with one attached hydrogen (secondary N) is 1. The number of anilines is 1. The van der Waals surface area contributed by atoms with E-state index in [1.54, 1.807) is 13.0 Å². The Balaban J connectivity index is 1.85. The largest absolute Gasteiger partial charge is 0.466 e. The minimum atomic E-state index is -1.51. The van der Waals surface area contributed by atoms with Gasteiger partial charge >= 0.3 is 11.9 Å². The molecule has 4 aliphatic heterocycles. The maximum absolute atomic E-state index is 13.5. The van der Waals surface area contributed by atoms with Crippen LogP contribution in [0.4, 0.5) is 5.69 Å². The van der Waals surface area contributed by atoms with Crippen molar-refractivity contribution in [2.75, 3.05) is 25.6 Å². The van der Waals surface area contributed by atoms with Crippen LogP contribution < -0.4 is 10.2 Å². The second kappa shape index (κ2) is 5.69. The molecule has 6 rings (SSSR count). The molecule has 29 heavy (non-hydrogen) atoms. The van der Waals surface area contributed by atoms with E-state index in [1.165, 1.54) is 7.11 Å². The molecule has 2 bridgehead atoms. The third kappa shape index (κ3) is 1.65. The molecule has 4 fully saturated rings. The van der Waals surface area contributed by atoms with E-state index in [0.29, 0.717) is 25.0 Å². The Bertz CT molecular complexity index is 974. The number of ether oxygens (including phenoxy) is 2. The first-order valence-corrected chi connectivity index (χ1v) is 9.96. The molecule has 7 nitrogen and oxygen atoms in total. The zero-order chi connectivity index (χ0) is 20.6. The zero-order valence-corrected chi connectivity index (χ0v) is 16.7. The van der Waals surface area contributed by atoms with Crippen LogP contribution in [0.15, 0.2) is 35.9 Å². The lowest BCUT2D eigenvalue weighted by molar-refractivity contribution is -0.218. The predicted molar refractivity (Wildman–Crippen MR) is 104 cm³/mol. The number of fused-ring (bicyclic) bond motifs is 3. The van der Waals surface area contributed by atoms with E-state index in [2.05, 4.69) is 10.2 Å². The van der Waals surface area contributed by atoms with Crippen molar-refractivity contribution in [3.05, 3.63) is 41.5 Å². The lowest BCUT2D eigenvalue weighted by atomic mass is 9.43. The van der Waals surface area contributed by atoms with Gasteiger partial charge in [0.25, 0.3) is 0 Å². The summed E-state index contributed by atoms with van der Waals surface area (Å²) in [6.07, 6.45) is 2.90. The van der Waals surface area contributed by atoms with E-state index in [1.807, 2.05) is 31.3 Å². The van der Waals surface area contributed by atoms with E-state index in [0.717, 1.165) is 17.5 Å². The maximum atomic E-state index is 13.5. The third-order valence-corrected chi connectivity index (χ3v) is 7.85. The molecule has 0 spiro atoms. The van der Waals surface area contributed by atoms with Crippen LogP contribution in [0.2, 0.25) is 0 Å². The molecule has 7 heteroatoms. The first-order valence-electron chi connectivity index (χ1n) is 9.96. The average Bonchev–Trinajstić information content (AvgIpc) is 3.26. The van der Waals surface area contributed by atoms with Crippen molar-refractivity contribution >= 4 is 23.9 Å². The van der Waals surface area contributed by atoms with Gasteiger partial charge in [-0.05, 0) is 37.9 Å². The molecule has 0 amide bonds. The summed E-state index contributed by atoms with van der Waals surface area (Å²) in [4.78, 5) is 41.1. The smallest absolute Gasteiger partial charge is 0.333 e. The Hall–Kier alpha value is -2.67. The molecule has 3 saturated heterocycles. The van der Waals surface area contributed by atoms with E-state index < -0.39 is 40.5 Å². The molecule has 5 atom stereocenters. The van der Waals surface area contributed by atoms with Gasteiger partial charge in [0.05, 0.1) is 12.5 Å². The fraction of sp³-hybridized carbons (Fsp3) is 0.500. The van der Waals surface area contributed by atoms with Crippen molar-refractivity contribution in [2.45, 2.75) is 36.9 Å². The first-order chi connectivity index (χ1) is 14.0. The van der Waals surface area contributed by atoms with E-state index >= 15 is 0 Å². The molecule has 1 aromatic rings. The molecule has 1 aliphatic carbocycles. The third-order valence-electron chi connectivity index (χ3n) is 7.85. The summed E-state index contributed by atoms with van der Waals surface area (Å²) in [5.41, 5.74) is -0.735. The summed E-state index contributed by atoms with van der Waals surface area (Å²) in [6, 6.07) is 7.91. The molecule has 152 valence electrons. The number of likely N-dealkylation sites (N-methyl/N-ethyl adjacent to an activating group) is 1. The van der Waals surface area contributed by atoms with Gasteiger partial charge < -0.3 is 19.2 Å². The van der Waals surface area contributed by atoms with Crippen molar-refractivity contribution < 1.29 is 23.9 Å². The van der Waals surface area contributed by atoms with Crippen LogP contribution in [0.1, 0.15) is 25.3 Å². The monoisotopic (exact) mass is 396 g/mol. The van der Waals surface area contributed by atoms with Gasteiger partial charge in [0.2, 0.25) is 0 Å². The number of aldehydes is 1. The van der Waals surface area contributed by atoms with Gasteiger partial charge in [-0.3, -0.25) is 10.1 Å². The lowest BCUT2D eigenvalue weighted by Gasteiger charge is -2.64. The van der Waals surface area contributed by atoms with Gasteiger partial charge in [-0.2, -0.15) is 0 Å². The Kier molecular flexibility index (Phi) is 3.60. The molecule has 0 aromatic heterocycles. The number of hydrogen-bond donors (Lipinski definition) is 1. The van der Waals surface area contributed by atoms with Gasteiger partial charge in [-0.15, -0.1) is 0 Å². The number of carbonyl (C=O) groups excluding carboxylic acids is 3. The summed E-state index contributed by atoms with van der Waals surface area (Å²) in [5.74, 6) is -1.65. The molecule has 4 heterocycles. The zero-order valence-electron chi connectivity index (χ0n) is 16.7. The van der Waals surface area contributed by atoms with Crippen molar-refractivity contribution in [1.29, 1.82) is 0 Å². The number of allylic oxidation sites excluding steroid dienone is 1. The fourth-order valence-electron chi connectivity index (χ4n) is 6.92. The Morgan fingerprint density at radius 1 is 1.38 bits per heavy atom. The lowest BCUT2D eigenvalue weighted by Crippen LogP contribution is -2.82. The minimum absolute atomic E-state index is 0.364. The van der Waals surface area contributed by atoms with Gasteiger partial charge in [0.1, 0.15) is 23.5 Å². The standard InChI is InChI=1S/C22H24N2O5/c1-4-13(18(26)28-3)15-11-17-22-21(9-10-23-22,20(15,12-25)19(27)29-17)14-7-5-6-8-16(14)24(22)2/h4-8,12,15,17,23H,9-11H2,1-3H3. The highest BCUT2D eigenvalue weighted by Crippen LogP contribution is 2.72. The number of para-hydroxylation sites is 1. The van der Waals surface area contributed by atoms with Crippen LogP contribution in [-0.4, -0.2) is 50.7 Å². The van der Waals surface area contributed by atoms with Crippen LogP contribution in [0.3, 0.4) is 0 Å². The number of hydrogen-bond acceptors (Lipinski definition) is 7. The highest BCUT2D eigenvalue weighted by molar-refractivity contribution is 6.03. The Morgan fingerprint density at radius 3 is 2.83 bits per heavy atom. The van der Waals surface area contributed by atoms with Crippen molar-refractivity contribution in [2.24, 2.45) is 11.3 Å². The second-order valence-electron chi connectivity index (χ2n) is 8.33. The van der Waals surface area contributed by atoms with Crippen molar-refractivity contribution in [3.8, 4) is 0 Å². The summed E-state index contributed by atoms with van der Waals surface area (Å²) in [6.45, 7) is 2.39. The van der Waals surface area contributed by atoms with Crippen LogP contribution in [-0.2, 0) is 29.3 Å². The van der Waals surface area contributed by atoms with Gasteiger partial charge in [0, 0.05) is 24.2 Å². The first kappa shape index (κ1) is 18.4. The summed E-state index contributed by atoms with van der Waals surface area (Å²) in [7, 11) is 3.30. The highest BCUT2D eigenvalue weighted by atomic mass is 16.6. The molecule has 1 saturated carbocycles. The van der Waals surface area contributed by atoms with E-state index in [4.69, 9.17) is 9.47 Å². The number of carbonyl (C=O) groups is 3. The van der Waals surface area contributed by atoms with E-state index in [-0.39, 0.29) is 0 Å². The minimum Gasteiger partial charge on any atom is -0.466 e. The molecule has 5 aliphatic rings. The van der Waals surface area contributed by atoms with Crippen molar-refractivity contribution in [3.63, 3.8) is 0 Å². The Labute approximate surface area is 169 Å². The molecule has 5 unspecified atom stereocenters. The van der Waals surface area contributed by atoms with E-state index in [9.17, 15) is 14.4 Å². The molecular formula is C22H24N2O5. The summed E-state index contributed by atoms with van der Waals surface area (Å²) in [5, 5.41) is 3.61. The average molecular weight is 396 g/mol. The number of methoxy groups -OCH3 is 1. The van der Waals surface area contributed by atoms with Crippen LogP contribution in [0.5, 0.6) is 0 Å². The highest BCUT2D eigenvalue weighted by Gasteiger charge is 2.85. The molecule has 0 radical (unpaired) electrons. The summed E-state index contributed by atoms with van der Waals surface area (Å²) < 4.78 is 10.9. The normalized spacial score (nSPS) is 39.5. The van der Waals surface area contributed by atoms with Gasteiger partial charge in [0.15, 0.2) is 0 Å². The van der Waals surface area contributed by atoms with Gasteiger partial charge in [-0.1, -0.05) is 24.3 Å². The maximum Gasteiger partial charge on any atom is 0.333 e. The number of rotatable bonds is 3. The fourth-order valence-corrected chi connectivity index (χ4v) is 6.92. The van der Waals surface area contributed by atoms with Crippen LogP contribution in [0.25, 0.3) is 0 Å². The van der Waals surface area contributed by atoms with Crippen molar-refractivity contribution in [1.82, 2.24) is 5.32 Å². The molecular weight excluding hydrogens is 372 g/mol. The van der Waals surface area contributed by atoms with Crippen LogP contribution >= 0.6 is 0 Å². The SMILES string of the molecule is CC=C(C(=O)OC)C1CC2OC(=O)C1(C=O)C13CCNC21N(C)c1ccccc13. The number of esters is 2. The van der Waals surface area contributed by atoms with Gasteiger partial charge in [-0.25, -0.2) is 4.79 Å². The predicted octanol–water partition coefficient (Wildman–Crippen LogP) is 1.31. The number of nitrogens with zero attached hydrogens (tertiary/aromatic N) is 1. The second-order valence-corrected chi connectivity index (χ2v) is 8.33. The molecule has 1 N–H and O–H groups in total.